The van der Waals surface area contributed by atoms with E-state index >= 15 is 0 Å². The fourth-order valence-corrected chi connectivity index (χ4v) is 4.48. The van der Waals surface area contributed by atoms with Gasteiger partial charge in [-0.2, -0.15) is 0 Å². The van der Waals surface area contributed by atoms with Crippen LogP contribution in [0.15, 0.2) is 46.9 Å². The van der Waals surface area contributed by atoms with Crippen LogP contribution >= 0.6 is 50.9 Å². The highest BCUT2D eigenvalue weighted by Crippen LogP contribution is 2.28. The van der Waals surface area contributed by atoms with Gasteiger partial charge in [-0.15, -0.1) is 11.8 Å². The zero-order valence-electron chi connectivity index (χ0n) is 15.5. The molecule has 0 spiro atoms. The number of carbonyl (C=O) groups is 2. The van der Waals surface area contributed by atoms with Gasteiger partial charge in [-0.05, 0) is 42.3 Å². The lowest BCUT2D eigenvalue weighted by Gasteiger charge is -2.28. The molecule has 0 saturated heterocycles. The minimum atomic E-state index is -0.578. The molecule has 0 aromatic heterocycles. The minimum absolute atomic E-state index is 0.118. The summed E-state index contributed by atoms with van der Waals surface area (Å²) in [5.74, 6) is 0.418. The van der Waals surface area contributed by atoms with Crippen LogP contribution in [-0.2, 0) is 21.9 Å². The number of hydrogen-bond donors (Lipinski definition) is 1. The molecule has 150 valence electrons. The molecule has 1 atom stereocenters. The predicted octanol–water partition coefficient (Wildman–Crippen LogP) is 5.15. The predicted molar refractivity (Wildman–Crippen MR) is 121 cm³/mol. The summed E-state index contributed by atoms with van der Waals surface area (Å²) in [6, 6.07) is 12.4. The van der Waals surface area contributed by atoms with E-state index in [9.17, 15) is 9.59 Å². The molecule has 0 fully saturated rings. The molecule has 0 saturated carbocycles. The number of benzene rings is 2. The molecule has 2 rings (SSSR count). The van der Waals surface area contributed by atoms with Crippen LogP contribution < -0.4 is 5.32 Å². The Morgan fingerprint density at radius 2 is 1.75 bits per heavy atom. The molecule has 8 heteroatoms. The maximum Gasteiger partial charge on any atom is 0.242 e. The van der Waals surface area contributed by atoms with E-state index in [-0.39, 0.29) is 17.6 Å². The van der Waals surface area contributed by atoms with Crippen LogP contribution in [0.25, 0.3) is 0 Å². The maximum atomic E-state index is 12.9. The SMILES string of the molecule is CNC(=O)C(C)N(Cc1ccc(Br)cc1)C(=O)CSCc1c(Cl)cccc1Cl. The molecule has 1 unspecified atom stereocenters. The molecular weight excluding hydrogens is 483 g/mol. The lowest BCUT2D eigenvalue weighted by Crippen LogP contribution is -2.47. The summed E-state index contributed by atoms with van der Waals surface area (Å²) in [7, 11) is 1.56. The van der Waals surface area contributed by atoms with Gasteiger partial charge in [-0.3, -0.25) is 9.59 Å². The van der Waals surface area contributed by atoms with Crippen LogP contribution in [-0.4, -0.2) is 35.6 Å². The van der Waals surface area contributed by atoms with E-state index in [0.29, 0.717) is 22.3 Å². The third kappa shape index (κ3) is 6.41. The van der Waals surface area contributed by atoms with Gasteiger partial charge in [0.1, 0.15) is 6.04 Å². The lowest BCUT2D eigenvalue weighted by molar-refractivity contribution is -0.138. The van der Waals surface area contributed by atoms with E-state index in [1.54, 1.807) is 37.1 Å². The summed E-state index contributed by atoms with van der Waals surface area (Å²) >= 11 is 17.2. The third-order valence-corrected chi connectivity index (χ3v) is 6.39. The Morgan fingerprint density at radius 3 is 2.32 bits per heavy atom. The number of hydrogen-bond acceptors (Lipinski definition) is 3. The molecule has 0 aliphatic carbocycles. The van der Waals surface area contributed by atoms with Crippen molar-refractivity contribution >= 4 is 62.7 Å². The second-order valence-electron chi connectivity index (χ2n) is 6.13. The van der Waals surface area contributed by atoms with Crippen molar-refractivity contribution < 1.29 is 9.59 Å². The normalized spacial score (nSPS) is 11.8. The van der Waals surface area contributed by atoms with Gasteiger partial charge in [0.2, 0.25) is 11.8 Å². The molecule has 0 heterocycles. The number of halogens is 3. The summed E-state index contributed by atoms with van der Waals surface area (Å²) in [6.45, 7) is 2.08. The fraction of sp³-hybridized carbons (Fsp3) is 0.300. The number of rotatable bonds is 8. The van der Waals surface area contributed by atoms with Gasteiger partial charge >= 0.3 is 0 Å². The summed E-state index contributed by atoms with van der Waals surface area (Å²) in [4.78, 5) is 26.6. The van der Waals surface area contributed by atoms with Crippen LogP contribution in [0.1, 0.15) is 18.1 Å². The Hall–Kier alpha value is -1.21. The molecule has 2 aromatic rings. The topological polar surface area (TPSA) is 49.4 Å². The van der Waals surface area contributed by atoms with E-state index in [1.807, 2.05) is 24.3 Å². The molecule has 0 bridgehead atoms. The number of amides is 2. The van der Waals surface area contributed by atoms with E-state index in [0.717, 1.165) is 15.6 Å². The average molecular weight is 504 g/mol. The minimum Gasteiger partial charge on any atom is -0.357 e. The Balaban J connectivity index is 2.07. The molecule has 0 radical (unpaired) electrons. The highest BCUT2D eigenvalue weighted by Gasteiger charge is 2.25. The van der Waals surface area contributed by atoms with Crippen LogP contribution in [0.2, 0.25) is 10.0 Å². The number of nitrogens with zero attached hydrogens (tertiary/aromatic N) is 1. The maximum absolute atomic E-state index is 12.9. The molecule has 2 aromatic carbocycles. The van der Waals surface area contributed by atoms with Crippen LogP contribution in [0.4, 0.5) is 0 Å². The van der Waals surface area contributed by atoms with E-state index < -0.39 is 6.04 Å². The smallest absolute Gasteiger partial charge is 0.242 e. The van der Waals surface area contributed by atoms with Gasteiger partial charge < -0.3 is 10.2 Å². The number of carbonyl (C=O) groups excluding carboxylic acids is 2. The van der Waals surface area contributed by atoms with Crippen molar-refractivity contribution in [1.29, 1.82) is 0 Å². The molecular formula is C20H21BrCl2N2O2S. The van der Waals surface area contributed by atoms with Gasteiger partial charge in [-0.1, -0.05) is 57.3 Å². The highest BCUT2D eigenvalue weighted by molar-refractivity contribution is 9.10. The van der Waals surface area contributed by atoms with Crippen molar-refractivity contribution in [2.45, 2.75) is 25.3 Å². The standard InChI is InChI=1S/C20H21BrCl2N2O2S/c1-13(20(27)24-2)25(10-14-6-8-15(21)9-7-14)19(26)12-28-11-16-17(22)4-3-5-18(16)23/h3-9,13H,10-12H2,1-2H3,(H,24,27). The van der Waals surface area contributed by atoms with E-state index in [4.69, 9.17) is 23.2 Å². The molecule has 1 N–H and O–H groups in total. The largest absolute Gasteiger partial charge is 0.357 e. The van der Waals surface area contributed by atoms with Gasteiger partial charge in [-0.25, -0.2) is 0 Å². The molecule has 28 heavy (non-hydrogen) atoms. The van der Waals surface area contributed by atoms with Gasteiger partial charge in [0, 0.05) is 33.9 Å². The Bertz CT molecular complexity index is 813. The first-order valence-electron chi connectivity index (χ1n) is 8.59. The highest BCUT2D eigenvalue weighted by atomic mass is 79.9. The van der Waals surface area contributed by atoms with Gasteiger partial charge in [0.05, 0.1) is 5.75 Å². The van der Waals surface area contributed by atoms with Gasteiger partial charge in [0.15, 0.2) is 0 Å². The third-order valence-electron chi connectivity index (χ3n) is 4.21. The monoisotopic (exact) mass is 502 g/mol. The van der Waals surface area contributed by atoms with Gasteiger partial charge in [0.25, 0.3) is 0 Å². The first-order valence-corrected chi connectivity index (χ1v) is 11.3. The number of thioether (sulfide) groups is 1. The van der Waals surface area contributed by atoms with Crippen molar-refractivity contribution in [3.8, 4) is 0 Å². The van der Waals surface area contributed by atoms with Crippen LogP contribution in [0.5, 0.6) is 0 Å². The van der Waals surface area contributed by atoms with E-state index in [1.165, 1.54) is 11.8 Å². The zero-order chi connectivity index (χ0) is 20.7. The van der Waals surface area contributed by atoms with E-state index in [2.05, 4.69) is 21.2 Å². The van der Waals surface area contributed by atoms with Crippen molar-refractivity contribution in [2.75, 3.05) is 12.8 Å². The molecule has 0 aliphatic heterocycles. The van der Waals surface area contributed by atoms with Crippen molar-refractivity contribution in [2.24, 2.45) is 0 Å². The average Bonchev–Trinajstić information content (AvgIpc) is 2.68. The number of nitrogens with one attached hydrogen (secondary N) is 1. The zero-order valence-corrected chi connectivity index (χ0v) is 19.5. The quantitative estimate of drug-likeness (QED) is 0.541. The van der Waals surface area contributed by atoms with Crippen LogP contribution in [0.3, 0.4) is 0 Å². The second-order valence-corrected chi connectivity index (χ2v) is 8.85. The Morgan fingerprint density at radius 1 is 1.14 bits per heavy atom. The Kier molecular flexibility index (Phi) is 9.15. The first-order chi connectivity index (χ1) is 13.3. The molecule has 0 aliphatic rings. The lowest BCUT2D eigenvalue weighted by atomic mass is 10.1. The summed E-state index contributed by atoms with van der Waals surface area (Å²) in [5, 5.41) is 3.77. The summed E-state index contributed by atoms with van der Waals surface area (Å²) in [6.07, 6.45) is 0. The molecule has 2 amide bonds. The first kappa shape index (κ1) is 23.1. The number of likely N-dealkylation sites (N-methyl/N-ethyl adjacent to an activating group) is 1. The fourth-order valence-electron chi connectivity index (χ4n) is 2.57. The second kappa shape index (κ2) is 11.1. The molecule has 4 nitrogen and oxygen atoms in total. The Labute approximate surface area is 188 Å². The van der Waals surface area contributed by atoms with Crippen molar-refractivity contribution in [1.82, 2.24) is 10.2 Å². The van der Waals surface area contributed by atoms with Crippen molar-refractivity contribution in [3.63, 3.8) is 0 Å². The van der Waals surface area contributed by atoms with Crippen molar-refractivity contribution in [3.05, 3.63) is 68.1 Å². The van der Waals surface area contributed by atoms with Crippen LogP contribution in [0, 0.1) is 0 Å². The summed E-state index contributed by atoms with van der Waals surface area (Å²) in [5.41, 5.74) is 1.76. The summed E-state index contributed by atoms with van der Waals surface area (Å²) < 4.78 is 0.959.